The van der Waals surface area contributed by atoms with E-state index in [-0.39, 0.29) is 17.9 Å². The minimum atomic E-state index is -5.39. The van der Waals surface area contributed by atoms with Crippen molar-refractivity contribution in [3.8, 4) is 0 Å². The molecule has 16 nitrogen and oxygen atoms in total. The Bertz CT molecular complexity index is 1550. The van der Waals surface area contributed by atoms with Gasteiger partial charge in [0.1, 0.15) is 19.6 Å². The van der Waals surface area contributed by atoms with Crippen molar-refractivity contribution < 1.29 is 75.5 Å². The molecule has 0 aliphatic heterocycles. The van der Waals surface area contributed by atoms with Crippen molar-refractivity contribution in [1.82, 2.24) is 0 Å². The summed E-state index contributed by atoms with van der Waals surface area (Å²) in [5.74, 6) is -0.169. The smallest absolute Gasteiger partial charge is 0.305 e. The van der Waals surface area contributed by atoms with Crippen LogP contribution in [-0.2, 0) is 47.4 Å². The van der Waals surface area contributed by atoms with Gasteiger partial charge in [-0.2, -0.15) is 7.82 Å². The maximum atomic E-state index is 11.7. The van der Waals surface area contributed by atoms with Gasteiger partial charge in [0.2, 0.25) is 0 Å². The van der Waals surface area contributed by atoms with E-state index >= 15 is 0 Å². The molecule has 0 aromatic heterocycles. The summed E-state index contributed by atoms with van der Waals surface area (Å²) in [6, 6.07) is 0. The molecule has 0 spiro atoms. The SMILES string of the molecule is CCCCCCCC/C=C\CCCCCCCC(=O)OCCCOCC[N+](C)(C)C.CCCCCCCC/C=C\CCCCCCCC(=O)OCCCOCC[N+](C)(C)C.CCCCCCCC/C=C\CCCCCCCC(=O)OCCCOCC[N+](C)(C)C.O=P([O-])([O-])[O-]. The van der Waals surface area contributed by atoms with Crippen LogP contribution in [0, 0.1) is 0 Å². The third kappa shape index (κ3) is 110. The maximum absolute atomic E-state index is 11.7. The Morgan fingerprint density at radius 2 is 0.453 bits per heavy atom. The number of hydrogen-bond acceptors (Lipinski definition) is 13. The van der Waals surface area contributed by atoms with Crippen LogP contribution in [-0.4, -0.2) is 174 Å². The molecule has 0 amide bonds. The molecule has 0 N–H and O–H groups in total. The van der Waals surface area contributed by atoms with E-state index in [4.69, 9.17) is 47.7 Å². The van der Waals surface area contributed by atoms with Crippen LogP contribution in [0.15, 0.2) is 36.5 Å². The van der Waals surface area contributed by atoms with Crippen LogP contribution < -0.4 is 14.7 Å². The number of carbonyl (C=O) groups is 3. The molecule has 95 heavy (non-hydrogen) atoms. The first-order chi connectivity index (χ1) is 45.4. The van der Waals surface area contributed by atoms with Crippen molar-refractivity contribution >= 4 is 25.7 Å². The lowest BCUT2D eigenvalue weighted by molar-refractivity contribution is -0.870. The predicted molar refractivity (Wildman–Crippen MR) is 394 cm³/mol. The van der Waals surface area contributed by atoms with Crippen LogP contribution >= 0.6 is 7.82 Å². The molecule has 0 bridgehead atoms. The molecule has 0 aliphatic rings. The number of nitrogens with zero attached hydrogens (tertiary/aromatic N) is 3. The molecule has 0 saturated heterocycles. The lowest BCUT2D eigenvalue weighted by Gasteiger charge is -2.36. The summed E-state index contributed by atoms with van der Waals surface area (Å²) in [7, 11) is 14.0. The zero-order chi connectivity index (χ0) is 71.5. The van der Waals surface area contributed by atoms with Crippen molar-refractivity contribution in [2.24, 2.45) is 0 Å². The number of ether oxygens (including phenoxy) is 6. The molecule has 0 aliphatic carbocycles. The zero-order valence-corrected chi connectivity index (χ0v) is 65.3. The summed E-state index contributed by atoms with van der Waals surface area (Å²) >= 11 is 0. The van der Waals surface area contributed by atoms with Crippen LogP contribution in [0.4, 0.5) is 0 Å². The summed E-state index contributed by atoms with van der Waals surface area (Å²) in [5, 5.41) is 0. The van der Waals surface area contributed by atoms with Gasteiger partial charge in [-0.05, 0) is 96.3 Å². The third-order valence-electron chi connectivity index (χ3n) is 15.7. The quantitative estimate of drug-likeness (QED) is 0.0140. The highest BCUT2D eigenvalue weighted by Crippen LogP contribution is 2.15. The van der Waals surface area contributed by atoms with Crippen LogP contribution in [0.2, 0.25) is 0 Å². The fourth-order valence-corrected chi connectivity index (χ4v) is 9.60. The van der Waals surface area contributed by atoms with Crippen LogP contribution in [0.1, 0.15) is 310 Å². The summed E-state index contributed by atoms with van der Waals surface area (Å²) < 4.78 is 43.8. The Hall–Kier alpha value is -2.50. The molecule has 0 fully saturated rings. The van der Waals surface area contributed by atoms with Crippen molar-refractivity contribution in [3.63, 3.8) is 0 Å². The summed E-state index contributed by atoms with van der Waals surface area (Å²) in [5.41, 5.74) is 0. The topological polar surface area (TPSA) is 193 Å². The van der Waals surface area contributed by atoms with E-state index in [0.717, 1.165) is 111 Å². The number of esters is 3. The molecule has 566 valence electrons. The normalized spacial score (nSPS) is 12.0. The fourth-order valence-electron chi connectivity index (χ4n) is 9.60. The highest BCUT2D eigenvalue weighted by molar-refractivity contribution is 7.40. The summed E-state index contributed by atoms with van der Waals surface area (Å²) in [6.07, 6.45) is 67.9. The third-order valence-corrected chi connectivity index (χ3v) is 15.7. The predicted octanol–water partition coefficient (Wildman–Crippen LogP) is 17.2. The molecule has 0 aromatic rings. The van der Waals surface area contributed by atoms with Crippen LogP contribution in [0.3, 0.4) is 0 Å². The fraction of sp³-hybridized carbons (Fsp3) is 0.885. The van der Waals surface area contributed by atoms with Crippen molar-refractivity contribution in [2.45, 2.75) is 310 Å². The number of allylic oxidation sites excluding steroid dienone is 6. The molecular formula is C78H156N3O13P. The lowest BCUT2D eigenvalue weighted by atomic mass is 10.1. The van der Waals surface area contributed by atoms with Gasteiger partial charge in [-0.3, -0.25) is 14.4 Å². The van der Waals surface area contributed by atoms with Crippen molar-refractivity contribution in [1.29, 1.82) is 0 Å². The Balaban J connectivity index is -0.000000629. The minimum Gasteiger partial charge on any atom is -0.822 e. The van der Waals surface area contributed by atoms with E-state index in [1.165, 1.54) is 212 Å². The van der Waals surface area contributed by atoms with Gasteiger partial charge in [-0.25, -0.2) is 0 Å². The molecular weight excluding hydrogens is 1220 g/mol. The van der Waals surface area contributed by atoms with Gasteiger partial charge in [-0.15, -0.1) is 0 Å². The molecule has 0 saturated carbocycles. The van der Waals surface area contributed by atoms with Crippen molar-refractivity contribution in [2.75, 3.05) is 143 Å². The van der Waals surface area contributed by atoms with E-state index in [9.17, 15) is 14.4 Å². The van der Waals surface area contributed by atoms with Crippen molar-refractivity contribution in [3.05, 3.63) is 36.5 Å². The molecule has 0 heterocycles. The minimum absolute atomic E-state index is 0.0565. The van der Waals surface area contributed by atoms with Gasteiger partial charge in [0.15, 0.2) is 0 Å². The Kier molecular flexibility index (Phi) is 78.8. The highest BCUT2D eigenvalue weighted by Gasteiger charge is 2.10. The van der Waals surface area contributed by atoms with Gasteiger partial charge >= 0.3 is 17.9 Å². The number of likely N-dealkylation sites (N-methyl/N-ethyl adjacent to an activating group) is 3. The number of phosphoric acid groups is 1. The molecule has 0 unspecified atom stereocenters. The summed E-state index contributed by atoms with van der Waals surface area (Å²) in [4.78, 5) is 60.8. The standard InChI is InChI=1S/3C26H52NO3.H3O4P/c3*1-5-6-7-8-9-10-11-12-13-14-15-16-17-18-19-21-26(28)30-24-20-23-29-25-22-27(2,3)4;1-5(2,3)4/h3*12-13H,5-11,14-25H2,1-4H3;(H3,1,2,3,4)/q3*+1;/p-3/b3*13-12-;. The zero-order valence-electron chi connectivity index (χ0n) is 64.4. The van der Waals surface area contributed by atoms with E-state index in [1.54, 1.807) is 0 Å². The van der Waals surface area contributed by atoms with Gasteiger partial charge in [-0.1, -0.05) is 211 Å². The monoisotopic (exact) mass is 1370 g/mol. The number of carbonyl (C=O) groups excluding carboxylic acids is 3. The van der Waals surface area contributed by atoms with Gasteiger partial charge in [0.05, 0.1) is 123 Å². The van der Waals surface area contributed by atoms with Gasteiger partial charge < -0.3 is 61.1 Å². The largest absolute Gasteiger partial charge is 0.822 e. The second kappa shape index (κ2) is 75.7. The number of unbranched alkanes of at least 4 members (excludes halogenated alkanes) is 33. The van der Waals surface area contributed by atoms with Crippen LogP contribution in [0.25, 0.3) is 0 Å². The van der Waals surface area contributed by atoms with E-state index < -0.39 is 7.82 Å². The second-order valence-electron chi connectivity index (χ2n) is 29.1. The number of quaternary nitrogens is 3. The Morgan fingerprint density at radius 3 is 0.642 bits per heavy atom. The summed E-state index contributed by atoms with van der Waals surface area (Å²) in [6.45, 7) is 15.5. The van der Waals surface area contributed by atoms with Gasteiger partial charge in [0, 0.05) is 38.5 Å². The first kappa shape index (κ1) is 98.9. The number of hydrogen-bond donors (Lipinski definition) is 0. The van der Waals surface area contributed by atoms with E-state index in [2.05, 4.69) is 121 Å². The molecule has 0 atom stereocenters. The van der Waals surface area contributed by atoms with Gasteiger partial charge in [0.25, 0.3) is 0 Å². The number of rotatable bonds is 66. The lowest BCUT2D eigenvalue weighted by Crippen LogP contribution is -2.37. The second-order valence-corrected chi connectivity index (χ2v) is 29.9. The van der Waals surface area contributed by atoms with Crippen LogP contribution in [0.5, 0.6) is 0 Å². The van der Waals surface area contributed by atoms with E-state index in [0.29, 0.717) is 58.9 Å². The first-order valence-electron chi connectivity index (χ1n) is 38.7. The maximum Gasteiger partial charge on any atom is 0.305 e. The molecule has 0 aromatic carbocycles. The average molecular weight is 1380 g/mol. The molecule has 0 radical (unpaired) electrons. The molecule has 0 rings (SSSR count). The Morgan fingerprint density at radius 1 is 0.274 bits per heavy atom. The molecule has 17 heteroatoms. The Labute approximate surface area is 587 Å². The average Bonchev–Trinajstić information content (AvgIpc) is 3.74. The highest BCUT2D eigenvalue weighted by atomic mass is 31.2. The van der Waals surface area contributed by atoms with E-state index in [1.807, 2.05) is 0 Å². The first-order valence-corrected chi connectivity index (χ1v) is 40.1.